The van der Waals surface area contributed by atoms with Crippen LogP contribution in [0.15, 0.2) is 60.5 Å². The fourth-order valence-corrected chi connectivity index (χ4v) is 2.42. The van der Waals surface area contributed by atoms with E-state index in [9.17, 15) is 14.0 Å². The van der Waals surface area contributed by atoms with Crippen LogP contribution in [-0.4, -0.2) is 28.4 Å². The molecule has 5 nitrogen and oxygen atoms in total. The lowest BCUT2D eigenvalue weighted by Gasteiger charge is -2.30. The van der Waals surface area contributed by atoms with Crippen molar-refractivity contribution in [2.24, 2.45) is 5.73 Å². The minimum absolute atomic E-state index is 0.0264. The summed E-state index contributed by atoms with van der Waals surface area (Å²) in [5.74, 6) is -0.456. The standard InChI is InChI=1S/C22H29FN2O3/c1-7-8-16(13-19(26)17-9-11-18(23)12-10-17)14-20(24)25(15(2)3)21(27)28-22(4,5)6/h7-12,14-15H,1,13,24H2,2-6H3/b16-8-,20-14+. The Hall–Kier alpha value is -2.89. The highest BCUT2D eigenvalue weighted by molar-refractivity contribution is 5.97. The number of rotatable bonds is 7. The number of Topliss-reactive ketones (excluding diaryl/α,β-unsaturated/α-hetero) is 1. The highest BCUT2D eigenvalue weighted by Crippen LogP contribution is 2.18. The Balaban J connectivity index is 3.08. The van der Waals surface area contributed by atoms with E-state index in [1.165, 1.54) is 35.2 Å². The maximum atomic E-state index is 13.1. The van der Waals surface area contributed by atoms with Crippen molar-refractivity contribution in [3.63, 3.8) is 0 Å². The second-order valence-electron chi connectivity index (χ2n) is 7.60. The molecule has 0 aliphatic carbocycles. The molecule has 6 heteroatoms. The summed E-state index contributed by atoms with van der Waals surface area (Å²) in [6, 6.07) is 5.08. The number of carbonyl (C=O) groups is 2. The third-order valence-corrected chi connectivity index (χ3v) is 3.58. The number of nitrogens with zero attached hydrogens (tertiary/aromatic N) is 1. The lowest BCUT2D eigenvalue weighted by atomic mass is 10.0. The molecule has 1 aromatic carbocycles. The molecule has 0 fully saturated rings. The fraction of sp³-hybridized carbons (Fsp3) is 0.364. The molecule has 0 spiro atoms. The Kier molecular flexibility index (Phi) is 8.16. The highest BCUT2D eigenvalue weighted by Gasteiger charge is 2.26. The first-order chi connectivity index (χ1) is 12.9. The van der Waals surface area contributed by atoms with E-state index < -0.39 is 17.5 Å². The van der Waals surface area contributed by atoms with Crippen LogP contribution in [0.3, 0.4) is 0 Å². The van der Waals surface area contributed by atoms with Gasteiger partial charge in [-0.1, -0.05) is 18.7 Å². The number of halogens is 1. The number of ketones is 1. The van der Waals surface area contributed by atoms with Gasteiger partial charge in [0.15, 0.2) is 5.78 Å². The van der Waals surface area contributed by atoms with Crippen LogP contribution in [0, 0.1) is 5.82 Å². The zero-order valence-electron chi connectivity index (χ0n) is 17.2. The van der Waals surface area contributed by atoms with Gasteiger partial charge in [0.25, 0.3) is 0 Å². The van der Waals surface area contributed by atoms with Crippen molar-refractivity contribution in [3.05, 3.63) is 71.8 Å². The summed E-state index contributed by atoms with van der Waals surface area (Å²) in [7, 11) is 0. The molecule has 0 unspecified atom stereocenters. The minimum atomic E-state index is -0.664. The number of hydrogen-bond donors (Lipinski definition) is 1. The molecule has 28 heavy (non-hydrogen) atoms. The van der Waals surface area contributed by atoms with Gasteiger partial charge < -0.3 is 10.5 Å². The van der Waals surface area contributed by atoms with E-state index >= 15 is 0 Å². The van der Waals surface area contributed by atoms with Crippen LogP contribution >= 0.6 is 0 Å². The van der Waals surface area contributed by atoms with Crippen molar-refractivity contribution in [3.8, 4) is 0 Å². The van der Waals surface area contributed by atoms with Crippen molar-refractivity contribution in [2.75, 3.05) is 0 Å². The molecule has 0 atom stereocenters. The van der Waals surface area contributed by atoms with Crippen LogP contribution in [-0.2, 0) is 4.74 Å². The zero-order valence-corrected chi connectivity index (χ0v) is 17.2. The van der Waals surface area contributed by atoms with Crippen molar-refractivity contribution in [2.45, 2.75) is 52.7 Å². The van der Waals surface area contributed by atoms with Crippen LogP contribution in [0.2, 0.25) is 0 Å². The smallest absolute Gasteiger partial charge is 0.416 e. The molecule has 0 radical (unpaired) electrons. The van der Waals surface area contributed by atoms with Crippen LogP contribution < -0.4 is 5.73 Å². The van der Waals surface area contributed by atoms with Gasteiger partial charge in [-0.15, -0.1) is 0 Å². The van der Waals surface area contributed by atoms with E-state index in [0.717, 1.165) is 0 Å². The average molecular weight is 388 g/mol. The molecule has 0 aromatic heterocycles. The summed E-state index contributed by atoms with van der Waals surface area (Å²) in [6.45, 7) is 12.6. The Morgan fingerprint density at radius 1 is 1.25 bits per heavy atom. The van der Waals surface area contributed by atoms with E-state index in [1.54, 1.807) is 32.9 Å². The minimum Gasteiger partial charge on any atom is -0.443 e. The van der Waals surface area contributed by atoms with Gasteiger partial charge in [0.1, 0.15) is 17.2 Å². The predicted molar refractivity (Wildman–Crippen MR) is 109 cm³/mol. The lowest BCUT2D eigenvalue weighted by Crippen LogP contribution is -2.42. The zero-order chi connectivity index (χ0) is 21.5. The van der Waals surface area contributed by atoms with Gasteiger partial charge in [0.2, 0.25) is 0 Å². The molecular weight excluding hydrogens is 359 g/mol. The normalized spacial score (nSPS) is 12.7. The Labute approximate surface area is 166 Å². The second kappa shape index (κ2) is 9.88. The van der Waals surface area contributed by atoms with E-state index in [2.05, 4.69) is 6.58 Å². The number of carbonyl (C=O) groups excluding carboxylic acids is 2. The van der Waals surface area contributed by atoms with Crippen LogP contribution in [0.25, 0.3) is 0 Å². The lowest BCUT2D eigenvalue weighted by molar-refractivity contribution is 0.0263. The first-order valence-corrected chi connectivity index (χ1v) is 9.04. The third-order valence-electron chi connectivity index (χ3n) is 3.58. The SMILES string of the molecule is C=C/C=C(\C=C(/N)N(C(=O)OC(C)(C)C)C(C)C)CC(=O)c1ccc(F)cc1. The van der Waals surface area contributed by atoms with Gasteiger partial charge in [0, 0.05) is 18.0 Å². The van der Waals surface area contributed by atoms with Gasteiger partial charge in [-0.05, 0) is 70.5 Å². The van der Waals surface area contributed by atoms with Gasteiger partial charge in [0.05, 0.1) is 0 Å². The van der Waals surface area contributed by atoms with Crippen LogP contribution in [0.5, 0.6) is 0 Å². The number of allylic oxidation sites excluding steroid dienone is 4. The summed E-state index contributed by atoms with van der Waals surface area (Å²) in [5, 5.41) is 0. The molecule has 0 aliphatic rings. The van der Waals surface area contributed by atoms with Gasteiger partial charge >= 0.3 is 6.09 Å². The summed E-state index contributed by atoms with van der Waals surface area (Å²) in [6.07, 6.45) is 4.18. The van der Waals surface area contributed by atoms with Crippen molar-refractivity contribution in [1.29, 1.82) is 0 Å². The molecule has 0 saturated heterocycles. The number of benzene rings is 1. The molecule has 2 N–H and O–H groups in total. The molecule has 0 saturated carbocycles. The first-order valence-electron chi connectivity index (χ1n) is 9.04. The Morgan fingerprint density at radius 2 is 1.82 bits per heavy atom. The van der Waals surface area contributed by atoms with E-state index in [4.69, 9.17) is 10.5 Å². The average Bonchev–Trinajstić information content (AvgIpc) is 2.53. The van der Waals surface area contributed by atoms with E-state index in [1.807, 2.05) is 13.8 Å². The summed E-state index contributed by atoms with van der Waals surface area (Å²) >= 11 is 0. The summed E-state index contributed by atoms with van der Waals surface area (Å²) < 4.78 is 18.5. The highest BCUT2D eigenvalue weighted by atomic mass is 19.1. The topological polar surface area (TPSA) is 72.6 Å². The molecular formula is C22H29FN2O3. The monoisotopic (exact) mass is 388 g/mol. The quantitative estimate of drug-likeness (QED) is 0.529. The maximum absolute atomic E-state index is 13.1. The van der Waals surface area contributed by atoms with Crippen molar-refractivity contribution < 1.29 is 18.7 Å². The molecule has 1 rings (SSSR count). The van der Waals surface area contributed by atoms with Crippen molar-refractivity contribution in [1.82, 2.24) is 4.90 Å². The number of nitrogens with two attached hydrogens (primary N) is 1. The number of amides is 1. The van der Waals surface area contributed by atoms with E-state index in [0.29, 0.717) is 11.1 Å². The molecule has 152 valence electrons. The Bertz CT molecular complexity index is 772. The molecule has 1 aromatic rings. The molecule has 0 bridgehead atoms. The number of ether oxygens (including phenoxy) is 1. The van der Waals surface area contributed by atoms with Crippen molar-refractivity contribution >= 4 is 11.9 Å². The number of hydrogen-bond acceptors (Lipinski definition) is 4. The largest absolute Gasteiger partial charge is 0.443 e. The summed E-state index contributed by atoms with van der Waals surface area (Å²) in [4.78, 5) is 26.3. The van der Waals surface area contributed by atoms with Gasteiger partial charge in [-0.2, -0.15) is 0 Å². The maximum Gasteiger partial charge on any atom is 0.416 e. The third kappa shape index (κ3) is 7.39. The molecule has 0 aliphatic heterocycles. The first kappa shape index (κ1) is 23.1. The van der Waals surface area contributed by atoms with Gasteiger partial charge in [-0.25, -0.2) is 9.18 Å². The van der Waals surface area contributed by atoms with E-state index in [-0.39, 0.29) is 24.1 Å². The summed E-state index contributed by atoms with van der Waals surface area (Å²) in [5.41, 5.74) is 6.44. The van der Waals surface area contributed by atoms with Gasteiger partial charge in [-0.3, -0.25) is 9.69 Å². The Morgan fingerprint density at radius 3 is 2.29 bits per heavy atom. The second-order valence-corrected chi connectivity index (χ2v) is 7.60. The van der Waals surface area contributed by atoms with Crippen LogP contribution in [0.1, 0.15) is 51.4 Å². The van der Waals surface area contributed by atoms with Crippen LogP contribution in [0.4, 0.5) is 9.18 Å². The molecule has 0 heterocycles. The molecule has 1 amide bonds. The predicted octanol–water partition coefficient (Wildman–Crippen LogP) is 4.96. The fourth-order valence-electron chi connectivity index (χ4n) is 2.42.